The van der Waals surface area contributed by atoms with Gasteiger partial charge < -0.3 is 14.9 Å². The maximum atomic E-state index is 10.9. The number of aromatic hydroxyl groups is 1. The molecule has 0 bridgehead atoms. The second-order valence-electron chi connectivity index (χ2n) is 10.4. The lowest BCUT2D eigenvalue weighted by Gasteiger charge is -2.26. The average Bonchev–Trinajstić information content (AvgIpc) is 3.07. The topological polar surface area (TPSA) is 69.8 Å². The van der Waals surface area contributed by atoms with E-state index < -0.39 is 5.97 Å². The van der Waals surface area contributed by atoms with E-state index >= 15 is 0 Å². The van der Waals surface area contributed by atoms with Crippen molar-refractivity contribution in [1.29, 1.82) is 0 Å². The third kappa shape index (κ3) is 4.62. The van der Waals surface area contributed by atoms with E-state index in [9.17, 15) is 9.90 Å². The van der Waals surface area contributed by atoms with Crippen molar-refractivity contribution in [3.8, 4) is 11.5 Å². The predicted octanol–water partition coefficient (Wildman–Crippen LogP) is 6.88. The molecule has 2 N–H and O–H groups in total. The fourth-order valence-corrected chi connectivity index (χ4v) is 5.64. The summed E-state index contributed by atoms with van der Waals surface area (Å²) in [5, 5.41) is 18.9. The van der Waals surface area contributed by atoms with Crippen molar-refractivity contribution in [2.75, 3.05) is 6.54 Å². The minimum absolute atomic E-state index is 0.140. The number of phenolic OH excluding ortho intramolecular Hbond substituents is 1. The van der Waals surface area contributed by atoms with Crippen LogP contribution in [0.25, 0.3) is 6.08 Å². The van der Waals surface area contributed by atoms with Gasteiger partial charge in [0.25, 0.3) is 0 Å². The van der Waals surface area contributed by atoms with Crippen LogP contribution in [0.2, 0.25) is 0 Å². The minimum atomic E-state index is -0.726. The number of rotatable bonds is 8. The summed E-state index contributed by atoms with van der Waals surface area (Å²) in [6, 6.07) is 13.9. The van der Waals surface area contributed by atoms with Crippen LogP contribution in [0.1, 0.15) is 69.9 Å². The molecule has 0 spiro atoms. The van der Waals surface area contributed by atoms with Gasteiger partial charge in [0, 0.05) is 42.2 Å². The molecule has 5 rings (SSSR count). The number of benzene rings is 2. The maximum absolute atomic E-state index is 10.9. The molecule has 2 heterocycles. The highest BCUT2D eigenvalue weighted by Gasteiger charge is 2.43. The molecule has 5 heteroatoms. The van der Waals surface area contributed by atoms with Gasteiger partial charge in [-0.2, -0.15) is 4.58 Å². The van der Waals surface area contributed by atoms with Crippen molar-refractivity contribution < 1.29 is 24.3 Å². The fraction of sp³-hybridized carbons (Fsp3) is 0.355. The van der Waals surface area contributed by atoms with Crippen LogP contribution in [0, 0.1) is 0 Å². The van der Waals surface area contributed by atoms with Crippen molar-refractivity contribution in [3.63, 3.8) is 0 Å². The molecule has 2 aliphatic heterocycles. The summed E-state index contributed by atoms with van der Waals surface area (Å²) in [7, 11) is 0. The van der Waals surface area contributed by atoms with E-state index in [4.69, 9.17) is 9.84 Å². The van der Waals surface area contributed by atoms with Gasteiger partial charge in [-0.05, 0) is 81.4 Å². The lowest BCUT2D eigenvalue weighted by atomic mass is 9.81. The van der Waals surface area contributed by atoms with Gasteiger partial charge in [-0.1, -0.05) is 18.2 Å². The molecule has 0 saturated carbocycles. The van der Waals surface area contributed by atoms with E-state index in [-0.39, 0.29) is 17.6 Å². The molecule has 0 fully saturated rings. The van der Waals surface area contributed by atoms with Gasteiger partial charge in [0.15, 0.2) is 5.71 Å². The molecule has 0 amide bonds. The van der Waals surface area contributed by atoms with E-state index in [1.54, 1.807) is 12.1 Å². The highest BCUT2D eigenvalue weighted by Crippen LogP contribution is 2.42. The second kappa shape index (κ2) is 9.81. The standard InChI is InChI=1S/C31H33NO4/c1-31(2)25-11-5-6-12-26(25)32(18-7-3-4-13-29(34)35)28(31)17-15-21-9-8-10-23-19-22-14-16-24(33)20-27(22)36-30(21)23/h5-6,11-12,14-17,19-20H,3-4,7-10,13,18H2,1-2H3,(H,34,35)/p+1. The number of fused-ring (bicyclic) bond motifs is 3. The third-order valence-electron chi connectivity index (χ3n) is 7.53. The molecule has 2 aromatic carbocycles. The van der Waals surface area contributed by atoms with E-state index in [1.807, 2.05) is 6.07 Å². The van der Waals surface area contributed by atoms with Crippen LogP contribution >= 0.6 is 0 Å². The Hall–Kier alpha value is -3.60. The molecule has 3 aliphatic rings. The van der Waals surface area contributed by atoms with Gasteiger partial charge in [0.2, 0.25) is 5.69 Å². The van der Waals surface area contributed by atoms with E-state index in [1.165, 1.54) is 28.1 Å². The minimum Gasteiger partial charge on any atom is -0.508 e. The Balaban J connectivity index is 1.47. The number of para-hydroxylation sites is 1. The zero-order chi connectivity index (χ0) is 25.3. The Bertz CT molecular complexity index is 1330. The number of phenols is 1. The van der Waals surface area contributed by atoms with Crippen LogP contribution in [0.5, 0.6) is 11.5 Å². The number of ether oxygens (including phenoxy) is 1. The summed E-state index contributed by atoms with van der Waals surface area (Å²) >= 11 is 0. The normalized spacial score (nSPS) is 18.0. The Morgan fingerprint density at radius 1 is 1.08 bits per heavy atom. The number of hydrogen-bond donors (Lipinski definition) is 2. The number of nitrogens with zero attached hydrogens (tertiary/aromatic N) is 1. The molecular weight excluding hydrogens is 450 g/mol. The quantitative estimate of drug-likeness (QED) is 0.316. The molecular formula is C31H34NO4+. The van der Waals surface area contributed by atoms with Crippen LogP contribution in [-0.4, -0.2) is 33.0 Å². The number of hydrogen-bond acceptors (Lipinski definition) is 3. The number of carbonyl (C=O) groups is 1. The van der Waals surface area contributed by atoms with Crippen LogP contribution in [-0.2, 0) is 10.2 Å². The molecule has 0 atom stereocenters. The van der Waals surface area contributed by atoms with Gasteiger partial charge in [0.1, 0.15) is 23.8 Å². The van der Waals surface area contributed by atoms with Crippen LogP contribution in [0.3, 0.4) is 0 Å². The highest BCUT2D eigenvalue weighted by atomic mass is 16.5. The average molecular weight is 485 g/mol. The molecule has 0 unspecified atom stereocenters. The molecule has 0 radical (unpaired) electrons. The summed E-state index contributed by atoms with van der Waals surface area (Å²) < 4.78 is 8.73. The largest absolute Gasteiger partial charge is 0.508 e. The fourth-order valence-electron chi connectivity index (χ4n) is 5.64. The maximum Gasteiger partial charge on any atom is 0.303 e. The molecule has 0 aromatic heterocycles. The lowest BCUT2D eigenvalue weighted by Crippen LogP contribution is -2.28. The Morgan fingerprint density at radius 2 is 1.92 bits per heavy atom. The summed E-state index contributed by atoms with van der Waals surface area (Å²) in [5.74, 6) is 1.10. The Labute approximate surface area is 212 Å². The van der Waals surface area contributed by atoms with Crippen molar-refractivity contribution in [1.82, 2.24) is 0 Å². The lowest BCUT2D eigenvalue weighted by molar-refractivity contribution is -0.438. The van der Waals surface area contributed by atoms with Gasteiger partial charge in [0.05, 0.1) is 5.41 Å². The predicted molar refractivity (Wildman–Crippen MR) is 142 cm³/mol. The number of aliphatic carboxylic acids is 1. The number of carboxylic acids is 1. The molecule has 186 valence electrons. The van der Waals surface area contributed by atoms with E-state index in [0.29, 0.717) is 12.2 Å². The van der Waals surface area contributed by atoms with E-state index in [0.717, 1.165) is 50.0 Å². The molecule has 5 nitrogen and oxygen atoms in total. The van der Waals surface area contributed by atoms with Gasteiger partial charge in [-0.15, -0.1) is 0 Å². The van der Waals surface area contributed by atoms with Crippen LogP contribution < -0.4 is 4.74 Å². The highest BCUT2D eigenvalue weighted by molar-refractivity contribution is 6.03. The summed E-state index contributed by atoms with van der Waals surface area (Å²) in [6.45, 7) is 5.41. The first-order valence-electron chi connectivity index (χ1n) is 12.9. The van der Waals surface area contributed by atoms with Gasteiger partial charge in [-0.3, -0.25) is 4.79 Å². The first kappa shape index (κ1) is 24.1. The first-order chi connectivity index (χ1) is 17.3. The van der Waals surface area contributed by atoms with Gasteiger partial charge in [-0.25, -0.2) is 0 Å². The monoisotopic (exact) mass is 484 g/mol. The second-order valence-corrected chi connectivity index (χ2v) is 10.4. The van der Waals surface area contributed by atoms with Crippen molar-refractivity contribution >= 4 is 23.4 Å². The first-order valence-corrected chi connectivity index (χ1v) is 12.9. The number of carboxylic acid groups (broad SMARTS) is 1. The third-order valence-corrected chi connectivity index (χ3v) is 7.53. The molecule has 0 saturated heterocycles. The molecule has 2 aromatic rings. The molecule has 1 aliphatic carbocycles. The Kier molecular flexibility index (Phi) is 6.57. The van der Waals surface area contributed by atoms with Crippen LogP contribution in [0.15, 0.2) is 71.5 Å². The summed E-state index contributed by atoms with van der Waals surface area (Å²) in [4.78, 5) is 10.9. The van der Waals surface area contributed by atoms with Crippen molar-refractivity contribution in [3.05, 3.63) is 82.6 Å². The summed E-state index contributed by atoms with van der Waals surface area (Å²) in [6.07, 6.45) is 12.5. The SMILES string of the molecule is CC1(C)C(/C=C/C2=C3Oc4cc(O)ccc4C=C3CCC2)=[N+](CCCCCC(=O)O)c2ccccc21. The molecule has 36 heavy (non-hydrogen) atoms. The number of unbranched alkanes of at least 4 members (excludes halogenated alkanes) is 2. The zero-order valence-electron chi connectivity index (χ0n) is 21.1. The van der Waals surface area contributed by atoms with Crippen LogP contribution in [0.4, 0.5) is 5.69 Å². The zero-order valence-corrected chi connectivity index (χ0v) is 21.1. The number of allylic oxidation sites excluding steroid dienone is 4. The Morgan fingerprint density at radius 3 is 2.75 bits per heavy atom. The van der Waals surface area contributed by atoms with Crippen molar-refractivity contribution in [2.45, 2.75) is 64.2 Å². The summed E-state index contributed by atoms with van der Waals surface area (Å²) in [5.41, 5.74) is 7.07. The van der Waals surface area contributed by atoms with Gasteiger partial charge >= 0.3 is 5.97 Å². The van der Waals surface area contributed by atoms with E-state index in [2.05, 4.69) is 60.9 Å². The smallest absolute Gasteiger partial charge is 0.303 e. The van der Waals surface area contributed by atoms with Crippen molar-refractivity contribution in [2.24, 2.45) is 0 Å².